The van der Waals surface area contributed by atoms with Crippen LogP contribution in [-0.2, 0) is 0 Å². The molecule has 0 radical (unpaired) electrons. The van der Waals surface area contributed by atoms with Gasteiger partial charge >= 0.3 is 0 Å². The molecule has 6 rings (SSSR count). The zero-order chi connectivity index (χ0) is 15.6. The molecular formula is C16H12F6. The first kappa shape index (κ1) is 12.5. The third-order valence-corrected chi connectivity index (χ3v) is 7.75. The lowest BCUT2D eigenvalue weighted by molar-refractivity contribution is -0.504. The number of fused-ring (bicyclic) bond motifs is 15. The highest BCUT2D eigenvalue weighted by atomic mass is 19.2. The minimum atomic E-state index is -3.75. The largest absolute Gasteiger partial charge is 0.236 e. The summed E-state index contributed by atoms with van der Waals surface area (Å²) < 4.78 is 92.6. The van der Waals surface area contributed by atoms with E-state index in [0.717, 1.165) is 0 Å². The van der Waals surface area contributed by atoms with E-state index in [4.69, 9.17) is 0 Å². The van der Waals surface area contributed by atoms with Gasteiger partial charge in [-0.15, -0.1) is 0 Å². The van der Waals surface area contributed by atoms with Crippen molar-refractivity contribution in [2.24, 2.45) is 23.7 Å². The summed E-state index contributed by atoms with van der Waals surface area (Å²) in [5.41, 5.74) is -20.7. The van der Waals surface area contributed by atoms with Crippen molar-refractivity contribution in [2.45, 2.75) is 46.9 Å². The number of hydrogen-bond acceptors (Lipinski definition) is 0. The predicted octanol–water partition coefficient (Wildman–Crippen LogP) is 3.68. The highest BCUT2D eigenvalue weighted by Crippen LogP contribution is 2.94. The van der Waals surface area contributed by atoms with Crippen LogP contribution in [0.4, 0.5) is 26.3 Å². The van der Waals surface area contributed by atoms with Gasteiger partial charge in [-0.1, -0.05) is 24.3 Å². The van der Waals surface area contributed by atoms with Crippen molar-refractivity contribution in [3.05, 3.63) is 24.3 Å². The lowest BCUT2D eigenvalue weighted by Crippen LogP contribution is -3.10. The second-order valence-corrected chi connectivity index (χ2v) is 7.83. The number of halogens is 6. The molecule has 4 bridgehead atoms. The van der Waals surface area contributed by atoms with Gasteiger partial charge in [-0.25, -0.2) is 26.3 Å². The Kier molecular flexibility index (Phi) is 1.47. The second kappa shape index (κ2) is 2.59. The fourth-order valence-electron chi connectivity index (χ4n) is 7.09. The maximum absolute atomic E-state index is 15.5. The van der Waals surface area contributed by atoms with Crippen molar-refractivity contribution in [3.63, 3.8) is 0 Å². The fourth-order valence-corrected chi connectivity index (χ4v) is 7.09. The topological polar surface area (TPSA) is 0 Å². The molecular weight excluding hydrogens is 306 g/mol. The number of allylic oxidation sites excluding steroid dienone is 4. The van der Waals surface area contributed by atoms with E-state index in [2.05, 4.69) is 0 Å². The molecule has 0 spiro atoms. The quantitative estimate of drug-likeness (QED) is 0.472. The van der Waals surface area contributed by atoms with E-state index in [-0.39, 0.29) is 12.8 Å². The molecule has 6 aliphatic carbocycles. The van der Waals surface area contributed by atoms with E-state index < -0.39 is 57.7 Å². The molecule has 0 amide bonds. The summed E-state index contributed by atoms with van der Waals surface area (Å²) in [5.74, 6) is -4.90. The second-order valence-electron chi connectivity index (χ2n) is 7.83. The van der Waals surface area contributed by atoms with Crippen LogP contribution in [0.15, 0.2) is 24.3 Å². The van der Waals surface area contributed by atoms with Crippen LogP contribution in [0.25, 0.3) is 0 Å². The third kappa shape index (κ3) is 0.574. The molecule has 0 aromatic heterocycles. The summed E-state index contributed by atoms with van der Waals surface area (Å²) in [4.78, 5) is 0. The number of hydrogen-bond donors (Lipinski definition) is 0. The van der Waals surface area contributed by atoms with Gasteiger partial charge < -0.3 is 0 Å². The van der Waals surface area contributed by atoms with Gasteiger partial charge in [0.15, 0.2) is 22.7 Å². The van der Waals surface area contributed by atoms with Crippen molar-refractivity contribution in [1.29, 1.82) is 0 Å². The van der Waals surface area contributed by atoms with Crippen molar-refractivity contribution >= 4 is 0 Å². The van der Waals surface area contributed by atoms with Crippen molar-refractivity contribution in [3.8, 4) is 0 Å². The molecule has 0 nitrogen and oxygen atoms in total. The Labute approximate surface area is 122 Å². The third-order valence-electron chi connectivity index (χ3n) is 7.75. The van der Waals surface area contributed by atoms with Crippen LogP contribution in [-0.4, -0.2) is 34.0 Å². The molecule has 0 heterocycles. The Morgan fingerprint density at radius 3 is 0.955 bits per heavy atom. The van der Waals surface area contributed by atoms with Gasteiger partial charge in [0.1, 0.15) is 0 Å². The molecule has 6 heteroatoms. The summed E-state index contributed by atoms with van der Waals surface area (Å²) in [6, 6.07) is 0. The van der Waals surface area contributed by atoms with Gasteiger partial charge in [0.2, 0.25) is 11.3 Å². The lowest BCUT2D eigenvalue weighted by Gasteiger charge is -2.82. The predicted molar refractivity (Wildman–Crippen MR) is 64.5 cm³/mol. The maximum atomic E-state index is 15.5. The van der Waals surface area contributed by atoms with Crippen LogP contribution in [0.5, 0.6) is 0 Å². The molecule has 22 heavy (non-hydrogen) atoms. The Balaban J connectivity index is 1.70. The van der Waals surface area contributed by atoms with Crippen molar-refractivity contribution < 1.29 is 26.3 Å². The van der Waals surface area contributed by atoms with Gasteiger partial charge in [0, 0.05) is 23.7 Å². The van der Waals surface area contributed by atoms with Crippen molar-refractivity contribution in [1.82, 2.24) is 0 Å². The molecule has 6 aliphatic rings. The van der Waals surface area contributed by atoms with Crippen LogP contribution in [0.1, 0.15) is 12.8 Å². The van der Waals surface area contributed by atoms with E-state index in [1.54, 1.807) is 0 Å². The first-order chi connectivity index (χ1) is 10.2. The molecule has 0 aromatic carbocycles. The Morgan fingerprint density at radius 1 is 0.500 bits per heavy atom. The fraction of sp³-hybridized carbons (Fsp3) is 0.750. The van der Waals surface area contributed by atoms with E-state index in [1.165, 1.54) is 24.3 Å². The molecule has 8 atom stereocenters. The molecule has 4 saturated carbocycles. The average Bonchev–Trinajstić information content (AvgIpc) is 3.23. The van der Waals surface area contributed by atoms with E-state index in [0.29, 0.717) is 0 Å². The van der Waals surface area contributed by atoms with Gasteiger partial charge in [0.05, 0.1) is 0 Å². The van der Waals surface area contributed by atoms with Crippen LogP contribution < -0.4 is 0 Å². The minimum absolute atomic E-state index is 0.126. The molecule has 8 unspecified atom stereocenters. The van der Waals surface area contributed by atoms with Gasteiger partial charge in [-0.2, -0.15) is 0 Å². The van der Waals surface area contributed by atoms with E-state index in [9.17, 15) is 0 Å². The molecule has 118 valence electrons. The smallest absolute Gasteiger partial charge is 0.226 e. The zero-order valence-corrected chi connectivity index (χ0v) is 11.3. The van der Waals surface area contributed by atoms with Crippen LogP contribution in [0, 0.1) is 23.7 Å². The Morgan fingerprint density at radius 2 is 0.727 bits per heavy atom. The number of rotatable bonds is 0. The first-order valence-corrected chi connectivity index (χ1v) is 7.67. The normalized spacial score (nSPS) is 77.9. The van der Waals surface area contributed by atoms with Crippen molar-refractivity contribution in [2.75, 3.05) is 0 Å². The summed E-state index contributed by atoms with van der Waals surface area (Å²) >= 11 is 0. The lowest BCUT2D eigenvalue weighted by atomic mass is 9.26. The standard InChI is InChI=1S/C16H12F6/c17-11-7-1-2-8(5-7)12(11,18)16(22)14(20)10-4-3-9(6-10)13(14,19)15(11,16)21/h1-4,7-10H,5-6H2. The monoisotopic (exact) mass is 318 g/mol. The van der Waals surface area contributed by atoms with Crippen LogP contribution in [0.3, 0.4) is 0 Å². The van der Waals surface area contributed by atoms with Gasteiger partial charge in [-0.3, -0.25) is 0 Å². The SMILES string of the molecule is FC12C3C=CC(C3)C1(F)C1(F)C3(F)C4C=CC(C4)C3(F)C21F. The van der Waals surface area contributed by atoms with E-state index in [1.807, 2.05) is 0 Å². The molecule has 4 fully saturated rings. The Hall–Kier alpha value is -0.940. The van der Waals surface area contributed by atoms with E-state index >= 15 is 26.3 Å². The highest BCUT2D eigenvalue weighted by molar-refractivity contribution is 5.67. The Bertz CT molecular complexity index is 607. The molecule has 0 N–H and O–H groups in total. The zero-order valence-electron chi connectivity index (χ0n) is 11.3. The first-order valence-electron chi connectivity index (χ1n) is 7.67. The summed E-state index contributed by atoms with van der Waals surface area (Å²) in [5, 5.41) is 0. The molecule has 0 aliphatic heterocycles. The highest BCUT2D eigenvalue weighted by Gasteiger charge is 3.18. The van der Waals surface area contributed by atoms with Gasteiger partial charge in [-0.05, 0) is 12.8 Å². The van der Waals surface area contributed by atoms with Crippen LogP contribution in [0.2, 0.25) is 0 Å². The number of alkyl halides is 6. The summed E-state index contributed by atoms with van der Waals surface area (Å²) in [6.45, 7) is 0. The molecule has 0 aromatic rings. The summed E-state index contributed by atoms with van der Waals surface area (Å²) in [6.07, 6.45) is 4.89. The average molecular weight is 318 g/mol. The van der Waals surface area contributed by atoms with Crippen LogP contribution >= 0.6 is 0 Å². The molecule has 0 saturated heterocycles. The van der Waals surface area contributed by atoms with Gasteiger partial charge in [0.25, 0.3) is 0 Å². The minimum Gasteiger partial charge on any atom is -0.236 e. The summed E-state index contributed by atoms with van der Waals surface area (Å²) in [7, 11) is 0. The maximum Gasteiger partial charge on any atom is 0.226 e.